The third-order valence-electron chi connectivity index (χ3n) is 7.02. The Morgan fingerprint density at radius 1 is 0.914 bits per heavy atom. The summed E-state index contributed by atoms with van der Waals surface area (Å²) in [6, 6.07) is 10.1. The molecule has 6 heteroatoms. The van der Waals surface area contributed by atoms with Crippen molar-refractivity contribution in [2.75, 3.05) is 6.61 Å². The van der Waals surface area contributed by atoms with Crippen molar-refractivity contribution in [2.45, 2.75) is 124 Å². The second-order valence-electron chi connectivity index (χ2n) is 12.1. The lowest BCUT2D eigenvalue weighted by molar-refractivity contribution is -0.158. The van der Waals surface area contributed by atoms with Crippen LogP contribution in [0, 0.1) is 11.8 Å². The van der Waals surface area contributed by atoms with Gasteiger partial charge in [0.15, 0.2) is 0 Å². The minimum Gasteiger partial charge on any atom is -0.460 e. The van der Waals surface area contributed by atoms with E-state index in [2.05, 4.69) is 60.6 Å². The van der Waals surface area contributed by atoms with Gasteiger partial charge in [-0.2, -0.15) is 0 Å². The Hall–Kier alpha value is -1.21. The molecule has 202 valence electrons. The normalized spacial score (nSPS) is 16.4. The van der Waals surface area contributed by atoms with Gasteiger partial charge in [0.05, 0.1) is 31.8 Å². The Balaban J connectivity index is 3.13. The van der Waals surface area contributed by atoms with Crippen LogP contribution in [0.5, 0.6) is 0 Å². The lowest BCUT2D eigenvalue weighted by atomic mass is 9.88. The summed E-state index contributed by atoms with van der Waals surface area (Å²) < 4.78 is 18.8. The number of aliphatic hydroxyl groups is 1. The number of esters is 1. The predicted octanol–water partition coefficient (Wildman–Crippen LogP) is 7.13. The molecule has 1 N–H and O–H groups in total. The van der Waals surface area contributed by atoms with Gasteiger partial charge in [0.2, 0.25) is 8.32 Å². The first-order valence-corrected chi connectivity index (χ1v) is 15.4. The smallest absolute Gasteiger partial charge is 0.308 e. The van der Waals surface area contributed by atoms with E-state index in [0.29, 0.717) is 29.8 Å². The van der Waals surface area contributed by atoms with Crippen molar-refractivity contribution < 1.29 is 23.8 Å². The lowest BCUT2D eigenvalue weighted by Crippen LogP contribution is -2.54. The summed E-state index contributed by atoms with van der Waals surface area (Å²) in [7, 11) is -2.23. The van der Waals surface area contributed by atoms with Crippen LogP contribution >= 0.6 is 0 Å². The van der Waals surface area contributed by atoms with Crippen LogP contribution in [0.2, 0.25) is 16.6 Å². The molecule has 1 rings (SSSR count). The molecular weight excluding hydrogens is 456 g/mol. The van der Waals surface area contributed by atoms with Gasteiger partial charge < -0.3 is 19.0 Å². The van der Waals surface area contributed by atoms with Crippen molar-refractivity contribution in [1.29, 1.82) is 0 Å². The standard InChI is InChI=1S/C29H52O5Si/c1-20(2)35(21(3)4,22(5)6)34-28(23(7)18-32-19-25-15-13-12-14-16-25)24(8)26(30)17-27(31)33-29(9,10)11/h12-16,20-24,26,28,30H,17-19H2,1-11H3/t23-,24-,26-,28+/m0/s1. The molecule has 0 saturated carbocycles. The molecule has 0 fully saturated rings. The first-order chi connectivity index (χ1) is 16.1. The summed E-state index contributed by atoms with van der Waals surface area (Å²) in [5, 5.41) is 11.1. The van der Waals surface area contributed by atoms with E-state index in [1.165, 1.54) is 0 Å². The van der Waals surface area contributed by atoms with Crippen LogP contribution in [0.4, 0.5) is 0 Å². The number of carbonyl (C=O) groups is 1. The molecule has 0 aliphatic rings. The van der Waals surface area contributed by atoms with Crippen LogP contribution in [0.1, 0.15) is 88.1 Å². The van der Waals surface area contributed by atoms with Crippen LogP contribution in [-0.4, -0.2) is 43.8 Å². The minimum absolute atomic E-state index is 0.0462. The topological polar surface area (TPSA) is 65.0 Å². The van der Waals surface area contributed by atoms with Gasteiger partial charge in [-0.25, -0.2) is 0 Å². The summed E-state index contributed by atoms with van der Waals surface area (Å²) in [6.07, 6.45) is -1.14. The molecule has 0 bridgehead atoms. The van der Waals surface area contributed by atoms with E-state index in [0.717, 1.165) is 5.56 Å². The molecule has 0 spiro atoms. The Morgan fingerprint density at radius 2 is 1.43 bits per heavy atom. The third kappa shape index (κ3) is 9.64. The van der Waals surface area contributed by atoms with Crippen molar-refractivity contribution in [3.8, 4) is 0 Å². The summed E-state index contributed by atoms with van der Waals surface area (Å²) >= 11 is 0. The fourth-order valence-electron chi connectivity index (χ4n) is 5.38. The number of rotatable bonds is 14. The zero-order valence-corrected chi connectivity index (χ0v) is 25.1. The molecule has 1 aromatic rings. The van der Waals surface area contributed by atoms with Crippen molar-refractivity contribution in [3.63, 3.8) is 0 Å². The van der Waals surface area contributed by atoms with E-state index in [1.54, 1.807) is 0 Å². The van der Waals surface area contributed by atoms with E-state index in [-0.39, 0.29) is 30.3 Å². The molecule has 0 aliphatic heterocycles. The number of hydrogen-bond acceptors (Lipinski definition) is 5. The molecular formula is C29H52O5Si. The van der Waals surface area contributed by atoms with Gasteiger partial charge in [0, 0.05) is 11.8 Å². The highest BCUT2D eigenvalue weighted by Gasteiger charge is 2.48. The Kier molecular flexibility index (Phi) is 12.7. The van der Waals surface area contributed by atoms with Gasteiger partial charge in [0.1, 0.15) is 5.60 Å². The fraction of sp³-hybridized carbons (Fsp3) is 0.759. The first-order valence-electron chi connectivity index (χ1n) is 13.3. The summed E-state index contributed by atoms with van der Waals surface area (Å²) in [5.74, 6) is -0.588. The van der Waals surface area contributed by atoms with E-state index in [4.69, 9.17) is 13.9 Å². The third-order valence-corrected chi connectivity index (χ3v) is 13.1. The summed E-state index contributed by atoms with van der Waals surface area (Å²) in [5.41, 5.74) is 1.79. The Labute approximate surface area is 216 Å². The van der Waals surface area contributed by atoms with Crippen molar-refractivity contribution in [1.82, 2.24) is 0 Å². The van der Waals surface area contributed by atoms with Gasteiger partial charge in [-0.3, -0.25) is 4.79 Å². The number of hydrogen-bond donors (Lipinski definition) is 1. The molecule has 4 atom stereocenters. The SMILES string of the molecule is CC(C)[Si](O[C@@H]([C@@H](C)[C@@H](O)CC(=O)OC(C)(C)C)[C@@H](C)COCc1ccccc1)(C(C)C)C(C)C. The van der Waals surface area contributed by atoms with E-state index < -0.39 is 20.0 Å². The second-order valence-corrected chi connectivity index (χ2v) is 17.5. The van der Waals surface area contributed by atoms with Crippen LogP contribution in [-0.2, 0) is 25.3 Å². The van der Waals surface area contributed by atoms with Crippen LogP contribution in [0.3, 0.4) is 0 Å². The zero-order valence-electron chi connectivity index (χ0n) is 24.1. The highest BCUT2D eigenvalue weighted by Crippen LogP contribution is 2.45. The van der Waals surface area contributed by atoms with E-state index in [1.807, 2.05) is 45.9 Å². The van der Waals surface area contributed by atoms with Gasteiger partial charge in [-0.1, -0.05) is 85.7 Å². The van der Waals surface area contributed by atoms with Crippen molar-refractivity contribution in [3.05, 3.63) is 35.9 Å². The Bertz CT molecular complexity index is 719. The second kappa shape index (κ2) is 13.9. The number of aliphatic hydroxyl groups excluding tert-OH is 1. The molecule has 0 unspecified atom stereocenters. The van der Waals surface area contributed by atoms with E-state index >= 15 is 0 Å². The van der Waals surface area contributed by atoms with Crippen molar-refractivity contribution in [2.24, 2.45) is 11.8 Å². The molecule has 0 aliphatic carbocycles. The molecule has 1 aromatic carbocycles. The zero-order chi connectivity index (χ0) is 27.0. The average Bonchev–Trinajstić information content (AvgIpc) is 2.72. The molecule has 0 heterocycles. The number of benzene rings is 1. The quantitative estimate of drug-likeness (QED) is 0.214. The van der Waals surface area contributed by atoms with Gasteiger partial charge in [0.25, 0.3) is 0 Å². The molecule has 0 radical (unpaired) electrons. The molecule has 35 heavy (non-hydrogen) atoms. The molecule has 5 nitrogen and oxygen atoms in total. The van der Waals surface area contributed by atoms with Crippen LogP contribution in [0.15, 0.2) is 30.3 Å². The van der Waals surface area contributed by atoms with Crippen LogP contribution < -0.4 is 0 Å². The first kappa shape index (κ1) is 31.8. The summed E-state index contributed by atoms with van der Waals surface area (Å²) in [4.78, 5) is 12.5. The number of carbonyl (C=O) groups excluding carboxylic acids is 1. The maximum absolute atomic E-state index is 12.5. The fourth-order valence-corrected chi connectivity index (χ4v) is 11.1. The van der Waals surface area contributed by atoms with E-state index in [9.17, 15) is 9.90 Å². The monoisotopic (exact) mass is 508 g/mol. The van der Waals surface area contributed by atoms with Crippen molar-refractivity contribution >= 4 is 14.3 Å². The highest BCUT2D eigenvalue weighted by atomic mass is 28.4. The minimum atomic E-state index is -2.23. The highest BCUT2D eigenvalue weighted by molar-refractivity contribution is 6.77. The average molecular weight is 509 g/mol. The van der Waals surface area contributed by atoms with Gasteiger partial charge >= 0.3 is 5.97 Å². The maximum Gasteiger partial charge on any atom is 0.308 e. The predicted molar refractivity (Wildman–Crippen MR) is 147 cm³/mol. The Morgan fingerprint density at radius 3 is 1.89 bits per heavy atom. The largest absolute Gasteiger partial charge is 0.460 e. The maximum atomic E-state index is 12.5. The summed E-state index contributed by atoms with van der Waals surface area (Å²) in [6.45, 7) is 24.3. The molecule has 0 saturated heterocycles. The lowest BCUT2D eigenvalue weighted by Gasteiger charge is -2.47. The molecule has 0 aromatic heterocycles. The van der Waals surface area contributed by atoms with Crippen LogP contribution in [0.25, 0.3) is 0 Å². The number of ether oxygens (including phenoxy) is 2. The van der Waals surface area contributed by atoms with Gasteiger partial charge in [-0.05, 0) is 43.0 Å². The molecule has 0 amide bonds. The van der Waals surface area contributed by atoms with Gasteiger partial charge in [-0.15, -0.1) is 0 Å².